The molecule has 0 unspecified atom stereocenters. The molecule has 0 saturated carbocycles. The number of methoxy groups -OCH3 is 2. The molecule has 154 valence electrons. The van der Waals surface area contributed by atoms with Gasteiger partial charge >= 0.3 is 5.97 Å². The third-order valence-corrected chi connectivity index (χ3v) is 5.30. The Kier molecular flexibility index (Phi) is 7.52. The first kappa shape index (κ1) is 22.1. The van der Waals surface area contributed by atoms with E-state index in [-0.39, 0.29) is 17.0 Å². The highest BCUT2D eigenvalue weighted by atomic mass is 32.2. The lowest BCUT2D eigenvalue weighted by atomic mass is 10.1. The summed E-state index contributed by atoms with van der Waals surface area (Å²) in [5, 5.41) is 0. The molecular formula is C20H21NO7S. The fourth-order valence-electron chi connectivity index (χ4n) is 2.33. The summed E-state index contributed by atoms with van der Waals surface area (Å²) >= 11 is 0. The van der Waals surface area contributed by atoms with E-state index in [4.69, 9.17) is 14.2 Å². The molecule has 0 spiro atoms. The quantitative estimate of drug-likeness (QED) is 0.357. The molecule has 2 aromatic carbocycles. The van der Waals surface area contributed by atoms with Crippen molar-refractivity contribution in [3.8, 4) is 11.5 Å². The Morgan fingerprint density at radius 2 is 1.62 bits per heavy atom. The Bertz CT molecular complexity index is 998. The molecule has 0 radical (unpaired) electrons. The summed E-state index contributed by atoms with van der Waals surface area (Å²) in [6.45, 7) is 3.05. The lowest BCUT2D eigenvalue weighted by molar-refractivity contribution is 0.0474. The molecule has 8 nitrogen and oxygen atoms in total. The number of nitrogens with one attached hydrogen (secondary N) is 1. The van der Waals surface area contributed by atoms with Crippen LogP contribution in [0.3, 0.4) is 0 Å². The summed E-state index contributed by atoms with van der Waals surface area (Å²) in [6, 6.07) is 9.78. The molecule has 0 aromatic heterocycles. The Morgan fingerprint density at radius 3 is 2.21 bits per heavy atom. The van der Waals surface area contributed by atoms with E-state index in [0.717, 1.165) is 0 Å². The standard InChI is InChI=1S/C20H21NO7S/c1-4-11-21-29(24,25)16-8-5-14(6-9-16)20(23)28-13-17(22)15-7-10-18(26-2)19(12-15)27-3/h4-10,12,21H,1,11,13H2,2-3H3. The maximum atomic E-state index is 12.3. The van der Waals surface area contributed by atoms with Crippen molar-refractivity contribution < 1.29 is 32.2 Å². The van der Waals surface area contributed by atoms with Crippen molar-refractivity contribution in [1.29, 1.82) is 0 Å². The predicted molar refractivity (Wildman–Crippen MR) is 106 cm³/mol. The number of benzene rings is 2. The van der Waals surface area contributed by atoms with Gasteiger partial charge in [-0.25, -0.2) is 17.9 Å². The number of carbonyl (C=O) groups is 2. The van der Waals surface area contributed by atoms with Gasteiger partial charge in [-0.1, -0.05) is 6.08 Å². The molecule has 29 heavy (non-hydrogen) atoms. The maximum absolute atomic E-state index is 12.3. The van der Waals surface area contributed by atoms with Gasteiger partial charge in [0.15, 0.2) is 23.9 Å². The topological polar surface area (TPSA) is 108 Å². The first-order valence-corrected chi connectivity index (χ1v) is 9.93. The van der Waals surface area contributed by atoms with Crippen LogP contribution in [0.25, 0.3) is 0 Å². The van der Waals surface area contributed by atoms with Gasteiger partial charge in [0.25, 0.3) is 0 Å². The second kappa shape index (κ2) is 9.85. The average molecular weight is 419 g/mol. The Labute approximate surface area is 169 Å². The Balaban J connectivity index is 2.02. The molecule has 2 aromatic rings. The van der Waals surface area contributed by atoms with Gasteiger partial charge in [0, 0.05) is 12.1 Å². The van der Waals surface area contributed by atoms with Gasteiger partial charge in [0.1, 0.15) is 0 Å². The van der Waals surface area contributed by atoms with Crippen molar-refractivity contribution >= 4 is 21.8 Å². The van der Waals surface area contributed by atoms with Crippen LogP contribution in [0, 0.1) is 0 Å². The van der Waals surface area contributed by atoms with E-state index in [1.54, 1.807) is 6.07 Å². The zero-order chi connectivity index (χ0) is 21.4. The van der Waals surface area contributed by atoms with Gasteiger partial charge in [0.05, 0.1) is 24.7 Å². The van der Waals surface area contributed by atoms with E-state index in [0.29, 0.717) is 17.1 Å². The van der Waals surface area contributed by atoms with Crippen LogP contribution in [0.2, 0.25) is 0 Å². The number of ketones is 1. The lowest BCUT2D eigenvalue weighted by Gasteiger charge is -2.09. The summed E-state index contributed by atoms with van der Waals surface area (Å²) in [4.78, 5) is 24.4. The summed E-state index contributed by atoms with van der Waals surface area (Å²) in [5.74, 6) is -0.320. The van der Waals surface area contributed by atoms with Gasteiger partial charge in [-0.15, -0.1) is 6.58 Å². The van der Waals surface area contributed by atoms with Gasteiger partial charge in [-0.3, -0.25) is 4.79 Å². The molecule has 0 amide bonds. The van der Waals surface area contributed by atoms with Crippen LogP contribution in [-0.2, 0) is 14.8 Å². The van der Waals surface area contributed by atoms with E-state index < -0.39 is 28.4 Å². The molecule has 0 aliphatic rings. The van der Waals surface area contributed by atoms with Gasteiger partial charge in [-0.2, -0.15) is 0 Å². The normalized spacial score (nSPS) is 10.8. The molecule has 0 atom stereocenters. The van der Waals surface area contributed by atoms with Crippen LogP contribution < -0.4 is 14.2 Å². The summed E-state index contributed by atoms with van der Waals surface area (Å²) in [7, 11) is -0.762. The van der Waals surface area contributed by atoms with Crippen molar-refractivity contribution in [2.75, 3.05) is 27.4 Å². The molecule has 1 N–H and O–H groups in total. The van der Waals surface area contributed by atoms with Crippen LogP contribution in [-0.4, -0.2) is 47.5 Å². The van der Waals surface area contributed by atoms with E-state index in [1.807, 2.05) is 0 Å². The highest BCUT2D eigenvalue weighted by Crippen LogP contribution is 2.27. The number of Topliss-reactive ketones (excluding diaryl/α,β-unsaturated/α-hetero) is 1. The predicted octanol–water partition coefficient (Wildman–Crippen LogP) is 2.21. The minimum Gasteiger partial charge on any atom is -0.493 e. The fourth-order valence-corrected chi connectivity index (χ4v) is 3.33. The molecule has 0 bridgehead atoms. The zero-order valence-corrected chi connectivity index (χ0v) is 16.8. The zero-order valence-electron chi connectivity index (χ0n) is 16.0. The second-order valence-electron chi connectivity index (χ2n) is 5.73. The molecule has 9 heteroatoms. The third-order valence-electron chi connectivity index (χ3n) is 3.86. The molecule has 0 heterocycles. The number of hydrogen-bond donors (Lipinski definition) is 1. The van der Waals surface area contributed by atoms with E-state index in [9.17, 15) is 18.0 Å². The van der Waals surface area contributed by atoms with Crippen LogP contribution in [0.4, 0.5) is 0 Å². The second-order valence-corrected chi connectivity index (χ2v) is 7.50. The number of sulfonamides is 1. The number of hydrogen-bond acceptors (Lipinski definition) is 7. The molecule has 0 saturated heterocycles. The van der Waals surface area contributed by atoms with E-state index in [2.05, 4.69) is 11.3 Å². The molecular weight excluding hydrogens is 398 g/mol. The van der Waals surface area contributed by atoms with Gasteiger partial charge in [-0.05, 0) is 42.5 Å². The molecule has 0 aliphatic heterocycles. The third kappa shape index (κ3) is 5.66. The average Bonchev–Trinajstić information content (AvgIpc) is 2.75. The Morgan fingerprint density at radius 1 is 1.00 bits per heavy atom. The molecule has 0 fully saturated rings. The lowest BCUT2D eigenvalue weighted by Crippen LogP contribution is -2.23. The highest BCUT2D eigenvalue weighted by molar-refractivity contribution is 7.89. The number of rotatable bonds is 10. The van der Waals surface area contributed by atoms with E-state index in [1.165, 1.54) is 56.7 Å². The largest absolute Gasteiger partial charge is 0.493 e. The van der Waals surface area contributed by atoms with Crippen molar-refractivity contribution in [2.45, 2.75) is 4.90 Å². The van der Waals surface area contributed by atoms with Crippen molar-refractivity contribution in [2.24, 2.45) is 0 Å². The van der Waals surface area contributed by atoms with Crippen LogP contribution in [0.15, 0.2) is 60.0 Å². The first-order valence-electron chi connectivity index (χ1n) is 8.45. The van der Waals surface area contributed by atoms with Gasteiger partial charge in [0.2, 0.25) is 10.0 Å². The maximum Gasteiger partial charge on any atom is 0.338 e. The smallest absolute Gasteiger partial charge is 0.338 e. The fraction of sp³-hybridized carbons (Fsp3) is 0.200. The SMILES string of the molecule is C=CCNS(=O)(=O)c1ccc(C(=O)OCC(=O)c2ccc(OC)c(OC)c2)cc1. The summed E-state index contributed by atoms with van der Waals surface area (Å²) in [5.41, 5.74) is 0.415. The van der Waals surface area contributed by atoms with Crippen molar-refractivity contribution in [3.63, 3.8) is 0 Å². The minimum atomic E-state index is -3.69. The minimum absolute atomic E-state index is 0.00250. The number of ether oxygens (including phenoxy) is 3. The Hall–Kier alpha value is -3.17. The monoisotopic (exact) mass is 419 g/mol. The van der Waals surface area contributed by atoms with Crippen LogP contribution in [0.1, 0.15) is 20.7 Å². The van der Waals surface area contributed by atoms with Crippen LogP contribution in [0.5, 0.6) is 11.5 Å². The molecule has 0 aliphatic carbocycles. The number of esters is 1. The van der Waals surface area contributed by atoms with Crippen LogP contribution >= 0.6 is 0 Å². The van der Waals surface area contributed by atoms with Gasteiger partial charge < -0.3 is 14.2 Å². The van der Waals surface area contributed by atoms with Crippen molar-refractivity contribution in [1.82, 2.24) is 4.72 Å². The summed E-state index contributed by atoms with van der Waals surface area (Å²) in [6.07, 6.45) is 1.42. The highest BCUT2D eigenvalue weighted by Gasteiger charge is 2.16. The van der Waals surface area contributed by atoms with Crippen molar-refractivity contribution in [3.05, 3.63) is 66.2 Å². The summed E-state index contributed by atoms with van der Waals surface area (Å²) < 4.78 is 41.6. The number of carbonyl (C=O) groups excluding carboxylic acids is 2. The van der Waals surface area contributed by atoms with E-state index >= 15 is 0 Å². The molecule has 2 rings (SSSR count). The first-order chi connectivity index (χ1) is 13.8.